The summed E-state index contributed by atoms with van der Waals surface area (Å²) in [7, 11) is 0. The van der Waals surface area contributed by atoms with Gasteiger partial charge in [0.05, 0.1) is 11.1 Å². The van der Waals surface area contributed by atoms with Gasteiger partial charge in [-0.05, 0) is 80.2 Å². The molecule has 0 spiro atoms. The molecule has 7 aromatic carbocycles. The fraction of sp³-hybridized carbons (Fsp3) is 0.111. The van der Waals surface area contributed by atoms with E-state index in [1.165, 1.54) is 38.9 Å². The van der Waals surface area contributed by atoms with Crippen LogP contribution in [0.1, 0.15) is 50.7 Å². The molecule has 0 aliphatic heterocycles. The monoisotopic (exact) mass is 943 g/mol. The van der Waals surface area contributed by atoms with E-state index in [1.54, 1.807) is 6.20 Å². The quantitative estimate of drug-likeness (QED) is 0.149. The molecule has 3 heterocycles. The van der Waals surface area contributed by atoms with Crippen LogP contribution < -0.4 is 0 Å². The molecule has 1 radical (unpaired) electrons. The number of fused-ring (bicyclic) bond motifs is 4. The summed E-state index contributed by atoms with van der Waals surface area (Å²) in [6, 6.07) is 62.7. The van der Waals surface area contributed by atoms with Gasteiger partial charge in [-0.2, -0.15) is 0 Å². The number of pyridine rings is 1. The van der Waals surface area contributed by atoms with Gasteiger partial charge >= 0.3 is 0 Å². The van der Waals surface area contributed by atoms with Gasteiger partial charge in [0.1, 0.15) is 17.1 Å². The van der Waals surface area contributed by atoms with Crippen LogP contribution in [0, 0.1) is 12.1 Å². The molecule has 0 bridgehead atoms. The van der Waals surface area contributed by atoms with Crippen LogP contribution in [0.5, 0.6) is 0 Å². The summed E-state index contributed by atoms with van der Waals surface area (Å²) in [5.41, 5.74) is 15.7. The van der Waals surface area contributed by atoms with Gasteiger partial charge in [0.25, 0.3) is 0 Å². The van der Waals surface area contributed by atoms with Gasteiger partial charge in [0, 0.05) is 37.3 Å². The third-order valence-electron chi connectivity index (χ3n) is 10.7. The number of oxazole rings is 1. The van der Waals surface area contributed by atoms with Crippen molar-refractivity contribution in [3.05, 3.63) is 193 Å². The molecule has 0 aliphatic carbocycles. The molecule has 4 nitrogen and oxygen atoms in total. The van der Waals surface area contributed by atoms with Gasteiger partial charge in [-0.15, -0.1) is 54.1 Å². The number of hydrogen-bond donors (Lipinski definition) is 0. The molecule has 0 fully saturated rings. The van der Waals surface area contributed by atoms with Crippen molar-refractivity contribution in [2.45, 2.75) is 39.5 Å². The van der Waals surface area contributed by atoms with Crippen LogP contribution in [0.15, 0.2) is 179 Å². The van der Waals surface area contributed by atoms with E-state index in [2.05, 4.69) is 130 Å². The molecule has 5 heteroatoms. The average molecular weight is 943 g/mol. The Morgan fingerprint density at radius 2 is 1.20 bits per heavy atom. The maximum Gasteiger partial charge on any atom is 0.149 e. The van der Waals surface area contributed by atoms with E-state index in [0.29, 0.717) is 17.7 Å². The molecule has 59 heavy (non-hydrogen) atoms. The normalized spacial score (nSPS) is 11.2. The summed E-state index contributed by atoms with van der Waals surface area (Å²) in [5.74, 6) is 1.11. The second kappa shape index (κ2) is 17.2. The number of benzene rings is 7. The molecule has 10 rings (SSSR count). The fourth-order valence-corrected chi connectivity index (χ4v) is 7.74. The van der Waals surface area contributed by atoms with E-state index in [4.69, 9.17) is 13.8 Å². The van der Waals surface area contributed by atoms with Crippen LogP contribution >= 0.6 is 0 Å². The smallest absolute Gasteiger partial charge is 0.149 e. The zero-order valence-corrected chi connectivity index (χ0v) is 35.8. The second-order valence-electron chi connectivity index (χ2n) is 15.1. The minimum Gasteiger partial charge on any atom is -0.500 e. The van der Waals surface area contributed by atoms with Gasteiger partial charge in [0.2, 0.25) is 0 Å². The predicted molar refractivity (Wildman–Crippen MR) is 239 cm³/mol. The van der Waals surface area contributed by atoms with Crippen molar-refractivity contribution >= 4 is 33.0 Å². The first-order valence-electron chi connectivity index (χ1n) is 19.9. The first-order valence-corrected chi connectivity index (χ1v) is 19.9. The number of para-hydroxylation sites is 2. The van der Waals surface area contributed by atoms with Crippen molar-refractivity contribution in [1.29, 1.82) is 0 Å². The predicted octanol–water partition coefficient (Wildman–Crippen LogP) is 15.0. The summed E-state index contributed by atoms with van der Waals surface area (Å²) in [6.45, 7) is 9.09. The largest absolute Gasteiger partial charge is 0.500 e. The molecule has 0 amide bonds. The number of furan rings is 1. The Labute approximate surface area is 359 Å². The van der Waals surface area contributed by atoms with E-state index >= 15 is 0 Å². The Morgan fingerprint density at radius 3 is 1.90 bits per heavy atom. The Bertz CT molecular complexity index is 2920. The third kappa shape index (κ3) is 7.92. The van der Waals surface area contributed by atoms with Gasteiger partial charge in [-0.3, -0.25) is 4.98 Å². The van der Waals surface area contributed by atoms with Crippen molar-refractivity contribution in [2.75, 3.05) is 0 Å². The zero-order chi connectivity index (χ0) is 39.6. The molecule has 0 unspecified atom stereocenters. The first kappa shape index (κ1) is 39.4. The molecule has 3 aromatic heterocycles. The van der Waals surface area contributed by atoms with Crippen molar-refractivity contribution < 1.29 is 28.9 Å². The minimum atomic E-state index is 0. The fourth-order valence-electron chi connectivity index (χ4n) is 7.74. The molecule has 0 atom stereocenters. The molecule has 0 N–H and O–H groups in total. The van der Waals surface area contributed by atoms with E-state index in [1.807, 2.05) is 78.9 Å². The first-order chi connectivity index (χ1) is 28.4. The van der Waals surface area contributed by atoms with Gasteiger partial charge in [-0.25, -0.2) is 0 Å². The molecule has 291 valence electrons. The van der Waals surface area contributed by atoms with E-state index in [0.717, 1.165) is 55.4 Å². The SMILES string of the molecule is CC(C)c1cc(-c2ccc(-c3ccccc3)cc2)cc(C(C)C)c1-c1cccc2nc(-c3[c-]ccc4c3oc3ccccc34)oc12.[Ir].[c-]1ccccc1-c1ccccn1. The van der Waals surface area contributed by atoms with Crippen molar-refractivity contribution in [3.63, 3.8) is 0 Å². The second-order valence-corrected chi connectivity index (χ2v) is 15.1. The third-order valence-corrected chi connectivity index (χ3v) is 10.7. The summed E-state index contributed by atoms with van der Waals surface area (Å²) in [5, 5.41) is 2.10. The summed E-state index contributed by atoms with van der Waals surface area (Å²) in [4.78, 5) is 9.20. The van der Waals surface area contributed by atoms with Crippen LogP contribution in [-0.2, 0) is 20.1 Å². The Balaban J connectivity index is 0.000000319. The van der Waals surface area contributed by atoms with Crippen molar-refractivity contribution in [3.8, 4) is 56.1 Å². The zero-order valence-electron chi connectivity index (χ0n) is 33.4. The number of aromatic nitrogens is 2. The van der Waals surface area contributed by atoms with Gasteiger partial charge in [0.15, 0.2) is 0 Å². The average Bonchev–Trinajstić information content (AvgIpc) is 3.89. The number of nitrogens with zero attached hydrogens (tertiary/aromatic N) is 2. The van der Waals surface area contributed by atoms with Crippen LogP contribution in [-0.4, -0.2) is 9.97 Å². The number of rotatable bonds is 7. The Kier molecular flexibility index (Phi) is 11.5. The van der Waals surface area contributed by atoms with Crippen LogP contribution in [0.3, 0.4) is 0 Å². The van der Waals surface area contributed by atoms with E-state index in [-0.39, 0.29) is 20.1 Å². The van der Waals surface area contributed by atoms with Crippen LogP contribution in [0.25, 0.3) is 89.1 Å². The molecular formula is C54H42IrN2O2-2. The van der Waals surface area contributed by atoms with Crippen LogP contribution in [0.2, 0.25) is 0 Å². The number of hydrogen-bond acceptors (Lipinski definition) is 4. The molecule has 0 saturated carbocycles. The van der Waals surface area contributed by atoms with Crippen LogP contribution in [0.4, 0.5) is 0 Å². The van der Waals surface area contributed by atoms with E-state index < -0.39 is 0 Å². The molecular weight excluding hydrogens is 901 g/mol. The minimum absolute atomic E-state index is 0. The van der Waals surface area contributed by atoms with Gasteiger partial charge < -0.3 is 13.8 Å². The standard InChI is InChI=1S/C43H34NO2.C11H8N.Ir/c1-26(2)36-24-31(30-22-20-29(21-23-30)28-12-6-5-7-13-28)25-37(27(3)4)40(36)34-16-11-18-38-42(34)46-43(44-38)35-17-10-15-33-32-14-8-9-19-39(32)45-41(33)35;1-2-6-10(7-3-1)11-8-4-5-9-12-11;/h5-16,18-27H,1-4H3;1-6,8-9H;/q2*-1;. The topological polar surface area (TPSA) is 52.1 Å². The summed E-state index contributed by atoms with van der Waals surface area (Å²) in [6.07, 6.45) is 1.79. The van der Waals surface area contributed by atoms with Crippen molar-refractivity contribution in [2.24, 2.45) is 0 Å². The summed E-state index contributed by atoms with van der Waals surface area (Å²) >= 11 is 0. The Hall–Kier alpha value is -6.39. The summed E-state index contributed by atoms with van der Waals surface area (Å²) < 4.78 is 13.0. The maximum atomic E-state index is 6.68. The van der Waals surface area contributed by atoms with Gasteiger partial charge in [-0.1, -0.05) is 142 Å². The van der Waals surface area contributed by atoms with E-state index in [9.17, 15) is 0 Å². The van der Waals surface area contributed by atoms with Crippen molar-refractivity contribution in [1.82, 2.24) is 9.97 Å². The molecule has 0 aliphatic rings. The molecule has 0 saturated heterocycles. The Morgan fingerprint density at radius 1 is 0.525 bits per heavy atom. The maximum absolute atomic E-state index is 6.68. The molecule has 10 aromatic rings.